The number of nitro groups is 1. The lowest BCUT2D eigenvalue weighted by Gasteiger charge is -2.21. The van der Waals surface area contributed by atoms with Crippen LogP contribution in [0.3, 0.4) is 0 Å². The summed E-state index contributed by atoms with van der Waals surface area (Å²) < 4.78 is 42.6. The van der Waals surface area contributed by atoms with E-state index in [9.17, 15) is 27.7 Å². The van der Waals surface area contributed by atoms with E-state index >= 15 is 0 Å². The van der Waals surface area contributed by atoms with Gasteiger partial charge in [0.1, 0.15) is 12.4 Å². The number of sulfonamides is 1. The zero-order valence-corrected chi connectivity index (χ0v) is 16.2. The van der Waals surface area contributed by atoms with Crippen LogP contribution >= 0.6 is 0 Å². The minimum absolute atomic E-state index is 0.0688. The van der Waals surface area contributed by atoms with Crippen molar-refractivity contribution in [3.8, 4) is 5.75 Å². The molecule has 0 atom stereocenters. The van der Waals surface area contributed by atoms with Gasteiger partial charge in [0, 0.05) is 11.6 Å². The first-order valence-corrected chi connectivity index (χ1v) is 9.84. The summed E-state index contributed by atoms with van der Waals surface area (Å²) in [6.07, 6.45) is 2.07. The van der Waals surface area contributed by atoms with E-state index in [1.165, 1.54) is 37.4 Å². The number of hydrogen-bond donors (Lipinski definition) is 1. The fourth-order valence-corrected chi connectivity index (χ4v) is 3.14. The topological polar surface area (TPSA) is 131 Å². The van der Waals surface area contributed by atoms with Crippen LogP contribution < -0.4 is 14.5 Å². The highest BCUT2D eigenvalue weighted by molar-refractivity contribution is 7.92. The average Bonchev–Trinajstić information content (AvgIpc) is 2.66. The summed E-state index contributed by atoms with van der Waals surface area (Å²) >= 11 is 0. The summed E-state index contributed by atoms with van der Waals surface area (Å²) in [6, 6.07) is 8.66. The molecule has 2 aromatic rings. The zero-order chi connectivity index (χ0) is 21.6. The predicted molar refractivity (Wildman–Crippen MR) is 104 cm³/mol. The van der Waals surface area contributed by atoms with Gasteiger partial charge in [-0.05, 0) is 36.4 Å². The highest BCUT2D eigenvalue weighted by Gasteiger charge is 2.20. The molecule has 0 bridgehead atoms. The van der Waals surface area contributed by atoms with Crippen molar-refractivity contribution in [2.75, 3.05) is 24.2 Å². The van der Waals surface area contributed by atoms with Crippen LogP contribution in [0, 0.1) is 15.9 Å². The van der Waals surface area contributed by atoms with Crippen LogP contribution in [0.5, 0.6) is 5.75 Å². The van der Waals surface area contributed by atoms with Crippen LogP contribution in [0.2, 0.25) is 0 Å². The number of amides is 1. The number of benzene rings is 2. The second-order valence-corrected chi connectivity index (χ2v) is 7.63. The molecular weight excluding hydrogens is 407 g/mol. The Bertz CT molecular complexity index is 1040. The van der Waals surface area contributed by atoms with Crippen LogP contribution in [0.1, 0.15) is 5.56 Å². The fourth-order valence-electron chi connectivity index (χ4n) is 2.28. The molecule has 0 fully saturated rings. The molecule has 0 aliphatic heterocycles. The Kier molecular flexibility index (Phi) is 6.83. The third-order valence-corrected chi connectivity index (χ3v) is 4.75. The standard InChI is InChI=1S/C17H17FN4O6S/c1-28-16-8-3-12(9-15(16)22(24)25)10-19-20-17(23)11-21(29(2,26)27)14-6-4-13(18)5-7-14/h3-10H,11H2,1-2H3,(H,20,23)/b19-10-. The van der Waals surface area contributed by atoms with E-state index in [1.807, 2.05) is 0 Å². The van der Waals surface area contributed by atoms with Crippen molar-refractivity contribution < 1.29 is 27.3 Å². The molecule has 0 saturated heterocycles. The van der Waals surface area contributed by atoms with Gasteiger partial charge in [0.2, 0.25) is 10.0 Å². The third-order valence-electron chi connectivity index (χ3n) is 3.60. The van der Waals surface area contributed by atoms with Crippen molar-refractivity contribution in [3.63, 3.8) is 0 Å². The molecule has 2 rings (SSSR count). The molecule has 0 unspecified atom stereocenters. The Morgan fingerprint density at radius 2 is 1.97 bits per heavy atom. The number of nitrogens with one attached hydrogen (secondary N) is 1. The van der Waals surface area contributed by atoms with E-state index in [0.29, 0.717) is 5.56 Å². The summed E-state index contributed by atoms with van der Waals surface area (Å²) in [4.78, 5) is 22.5. The summed E-state index contributed by atoms with van der Waals surface area (Å²) in [6.45, 7) is -0.593. The van der Waals surface area contributed by atoms with Gasteiger partial charge in [0.25, 0.3) is 5.91 Å². The van der Waals surface area contributed by atoms with Crippen LogP contribution in [0.4, 0.5) is 15.8 Å². The fraction of sp³-hybridized carbons (Fsp3) is 0.176. The van der Waals surface area contributed by atoms with E-state index in [1.54, 1.807) is 0 Å². The van der Waals surface area contributed by atoms with Gasteiger partial charge in [-0.15, -0.1) is 0 Å². The Balaban J connectivity index is 2.10. The second kappa shape index (κ2) is 9.10. The number of rotatable bonds is 8. The van der Waals surface area contributed by atoms with Gasteiger partial charge in [0.05, 0.1) is 30.2 Å². The lowest BCUT2D eigenvalue weighted by atomic mass is 10.2. The Morgan fingerprint density at radius 3 is 2.52 bits per heavy atom. The maximum Gasteiger partial charge on any atom is 0.311 e. The molecule has 29 heavy (non-hydrogen) atoms. The summed E-state index contributed by atoms with van der Waals surface area (Å²) in [5, 5.41) is 14.7. The molecule has 0 heterocycles. The number of nitrogens with zero attached hydrogens (tertiary/aromatic N) is 3. The van der Waals surface area contributed by atoms with Gasteiger partial charge in [0.15, 0.2) is 5.75 Å². The van der Waals surface area contributed by atoms with Crippen LogP contribution in [-0.4, -0.2) is 45.4 Å². The predicted octanol–water partition coefficient (Wildman–Crippen LogP) is 1.66. The lowest BCUT2D eigenvalue weighted by Crippen LogP contribution is -2.39. The van der Waals surface area contributed by atoms with Crippen molar-refractivity contribution in [3.05, 3.63) is 64.0 Å². The summed E-state index contributed by atoms with van der Waals surface area (Å²) in [7, 11) is -2.52. The van der Waals surface area contributed by atoms with Crippen LogP contribution in [0.25, 0.3) is 0 Å². The molecule has 0 aliphatic carbocycles. The van der Waals surface area contributed by atoms with Crippen molar-refractivity contribution >= 4 is 33.5 Å². The molecule has 0 spiro atoms. The Morgan fingerprint density at radius 1 is 1.31 bits per heavy atom. The molecule has 1 amide bonds. The van der Waals surface area contributed by atoms with Gasteiger partial charge in [-0.25, -0.2) is 18.2 Å². The smallest absolute Gasteiger partial charge is 0.311 e. The average molecular weight is 424 g/mol. The van der Waals surface area contributed by atoms with E-state index in [0.717, 1.165) is 28.9 Å². The summed E-state index contributed by atoms with van der Waals surface area (Å²) in [5.74, 6) is -1.25. The first-order valence-electron chi connectivity index (χ1n) is 7.99. The second-order valence-electron chi connectivity index (χ2n) is 5.73. The normalized spacial score (nSPS) is 11.3. The molecule has 0 aromatic heterocycles. The van der Waals surface area contributed by atoms with E-state index in [4.69, 9.17) is 4.74 Å². The highest BCUT2D eigenvalue weighted by Crippen LogP contribution is 2.26. The molecule has 12 heteroatoms. The number of ether oxygens (including phenoxy) is 1. The Labute approximate surface area is 165 Å². The van der Waals surface area contributed by atoms with Crippen LogP contribution in [-0.2, 0) is 14.8 Å². The number of methoxy groups -OCH3 is 1. The van der Waals surface area contributed by atoms with Crippen molar-refractivity contribution in [1.82, 2.24) is 5.43 Å². The van der Waals surface area contributed by atoms with Gasteiger partial charge >= 0.3 is 5.69 Å². The van der Waals surface area contributed by atoms with Crippen molar-refractivity contribution in [2.24, 2.45) is 5.10 Å². The molecule has 2 aromatic carbocycles. The first-order chi connectivity index (χ1) is 13.6. The third kappa shape index (κ3) is 5.97. The number of halogens is 1. The van der Waals surface area contributed by atoms with Gasteiger partial charge < -0.3 is 4.74 Å². The first kappa shape index (κ1) is 21.8. The number of nitro benzene ring substituents is 1. The molecule has 10 nitrogen and oxygen atoms in total. The SMILES string of the molecule is COc1ccc(/C=N\NC(=O)CN(c2ccc(F)cc2)S(C)(=O)=O)cc1[N+](=O)[O-]. The van der Waals surface area contributed by atoms with Crippen molar-refractivity contribution in [1.29, 1.82) is 0 Å². The minimum Gasteiger partial charge on any atom is -0.490 e. The molecule has 1 N–H and O–H groups in total. The highest BCUT2D eigenvalue weighted by atomic mass is 32.2. The number of carbonyl (C=O) groups excluding carboxylic acids is 1. The van der Waals surface area contributed by atoms with E-state index < -0.39 is 33.2 Å². The molecular formula is C17H17FN4O6S. The van der Waals surface area contributed by atoms with Gasteiger partial charge in [-0.3, -0.25) is 19.2 Å². The molecule has 0 saturated carbocycles. The Hall–Kier alpha value is -3.54. The maximum absolute atomic E-state index is 13.0. The number of hydrazone groups is 1. The molecule has 0 aliphatic rings. The van der Waals surface area contributed by atoms with Crippen molar-refractivity contribution in [2.45, 2.75) is 0 Å². The van der Waals surface area contributed by atoms with Gasteiger partial charge in [-0.1, -0.05) is 0 Å². The van der Waals surface area contributed by atoms with E-state index in [-0.39, 0.29) is 17.1 Å². The van der Waals surface area contributed by atoms with Gasteiger partial charge in [-0.2, -0.15) is 5.10 Å². The largest absolute Gasteiger partial charge is 0.490 e. The zero-order valence-electron chi connectivity index (χ0n) is 15.4. The number of anilines is 1. The van der Waals surface area contributed by atoms with E-state index in [2.05, 4.69) is 10.5 Å². The molecule has 154 valence electrons. The number of hydrogen-bond acceptors (Lipinski definition) is 7. The molecule has 0 radical (unpaired) electrons. The maximum atomic E-state index is 13.0. The quantitative estimate of drug-likeness (QED) is 0.389. The monoisotopic (exact) mass is 424 g/mol. The summed E-state index contributed by atoms with van der Waals surface area (Å²) in [5.41, 5.74) is 2.29. The van der Waals surface area contributed by atoms with Crippen LogP contribution in [0.15, 0.2) is 47.6 Å². The lowest BCUT2D eigenvalue weighted by molar-refractivity contribution is -0.385. The minimum atomic E-state index is -3.82. The number of carbonyl (C=O) groups is 1.